The molecule has 0 saturated heterocycles. The predicted molar refractivity (Wildman–Crippen MR) is 69.2 cm³/mol. The van der Waals surface area contributed by atoms with Crippen LogP contribution in [0.4, 0.5) is 0 Å². The molecule has 14 heavy (non-hydrogen) atoms. The zero-order valence-corrected chi connectivity index (χ0v) is 10.8. The van der Waals surface area contributed by atoms with Gasteiger partial charge in [0.05, 0.1) is 0 Å². The van der Waals surface area contributed by atoms with E-state index in [1.54, 1.807) is 0 Å². The molecular weight excluding hydrogens is 190 g/mol. The van der Waals surface area contributed by atoms with Crippen LogP contribution in [0, 0.1) is 0 Å². The maximum absolute atomic E-state index is 3.49. The summed E-state index contributed by atoms with van der Waals surface area (Å²) in [5.74, 6) is 2.52. The topological polar surface area (TPSA) is 12.0 Å². The third-order valence-electron chi connectivity index (χ3n) is 2.33. The van der Waals surface area contributed by atoms with Crippen molar-refractivity contribution in [1.82, 2.24) is 5.32 Å². The molecule has 1 N–H and O–H groups in total. The van der Waals surface area contributed by atoms with E-state index in [4.69, 9.17) is 0 Å². The lowest BCUT2D eigenvalue weighted by Gasteiger charge is -2.03. The molecule has 0 heterocycles. The Bertz CT molecular complexity index is 84.3. The van der Waals surface area contributed by atoms with Crippen molar-refractivity contribution in [2.75, 3.05) is 24.6 Å². The van der Waals surface area contributed by atoms with Gasteiger partial charge in [-0.2, -0.15) is 11.8 Å². The molecule has 0 saturated carbocycles. The third-order valence-corrected chi connectivity index (χ3v) is 3.24. The number of hydrogen-bond acceptors (Lipinski definition) is 2. The van der Waals surface area contributed by atoms with Gasteiger partial charge < -0.3 is 5.32 Å². The quantitative estimate of drug-likeness (QED) is 0.530. The minimum Gasteiger partial charge on any atom is -0.316 e. The molecule has 0 aromatic heterocycles. The van der Waals surface area contributed by atoms with E-state index < -0.39 is 0 Å². The highest BCUT2D eigenvalue weighted by Gasteiger charge is 1.90. The summed E-state index contributed by atoms with van der Waals surface area (Å²) < 4.78 is 0. The smallest absolute Gasteiger partial charge is 0.00579 e. The first-order valence-electron chi connectivity index (χ1n) is 6.20. The van der Waals surface area contributed by atoms with Gasteiger partial charge in [0.2, 0.25) is 0 Å². The first kappa shape index (κ1) is 14.3. The molecule has 0 rings (SSSR count). The Morgan fingerprint density at radius 3 is 2.29 bits per heavy atom. The maximum atomic E-state index is 3.49. The van der Waals surface area contributed by atoms with Gasteiger partial charge in [-0.15, -0.1) is 0 Å². The zero-order chi connectivity index (χ0) is 10.5. The summed E-state index contributed by atoms with van der Waals surface area (Å²) in [5.41, 5.74) is 0. The second-order valence-corrected chi connectivity index (χ2v) is 5.11. The van der Waals surface area contributed by atoms with Crippen LogP contribution in [-0.2, 0) is 0 Å². The Balaban J connectivity index is 2.78. The molecule has 0 aliphatic rings. The summed E-state index contributed by atoms with van der Waals surface area (Å²) >= 11 is 2.02. The molecule has 0 fully saturated rings. The molecule has 0 bridgehead atoms. The van der Waals surface area contributed by atoms with Crippen molar-refractivity contribution < 1.29 is 0 Å². The van der Waals surface area contributed by atoms with Crippen molar-refractivity contribution in [3.05, 3.63) is 0 Å². The highest BCUT2D eigenvalue weighted by molar-refractivity contribution is 7.99. The van der Waals surface area contributed by atoms with Gasteiger partial charge in [-0.05, 0) is 18.7 Å². The van der Waals surface area contributed by atoms with E-state index in [1.807, 2.05) is 11.8 Å². The van der Waals surface area contributed by atoms with Gasteiger partial charge in [0.15, 0.2) is 0 Å². The fraction of sp³-hybridized carbons (Fsp3) is 1.00. The number of nitrogens with one attached hydrogen (secondary N) is 1. The summed E-state index contributed by atoms with van der Waals surface area (Å²) in [6.45, 7) is 6.90. The summed E-state index contributed by atoms with van der Waals surface area (Å²) in [6, 6.07) is 0. The second-order valence-electron chi connectivity index (χ2n) is 3.71. The van der Waals surface area contributed by atoms with E-state index >= 15 is 0 Å². The molecule has 0 radical (unpaired) electrons. The lowest BCUT2D eigenvalue weighted by molar-refractivity contribution is 0.581. The summed E-state index contributed by atoms with van der Waals surface area (Å²) in [4.78, 5) is 0. The van der Waals surface area contributed by atoms with Crippen LogP contribution in [-0.4, -0.2) is 24.6 Å². The van der Waals surface area contributed by atoms with Gasteiger partial charge in [-0.3, -0.25) is 0 Å². The molecule has 0 spiro atoms. The summed E-state index contributed by atoms with van der Waals surface area (Å²) in [6.07, 6.45) is 8.41. The molecule has 0 aliphatic carbocycles. The Morgan fingerprint density at radius 2 is 1.57 bits per heavy atom. The Labute approximate surface area is 94.4 Å². The highest BCUT2D eigenvalue weighted by Crippen LogP contribution is 2.04. The van der Waals surface area contributed by atoms with E-state index in [-0.39, 0.29) is 0 Å². The number of hydrogen-bond donors (Lipinski definition) is 1. The zero-order valence-electron chi connectivity index (χ0n) is 9.98. The first-order valence-corrected chi connectivity index (χ1v) is 7.35. The summed E-state index contributed by atoms with van der Waals surface area (Å²) in [5, 5.41) is 3.49. The van der Waals surface area contributed by atoms with Gasteiger partial charge in [-0.1, -0.05) is 46.0 Å². The SMILES string of the molecule is CCCCCCCCNCCSCC. The number of unbranched alkanes of at least 4 members (excludes halogenated alkanes) is 5. The van der Waals surface area contributed by atoms with Crippen molar-refractivity contribution in [3.8, 4) is 0 Å². The van der Waals surface area contributed by atoms with Crippen LogP contribution >= 0.6 is 11.8 Å². The fourth-order valence-corrected chi connectivity index (χ4v) is 2.02. The molecule has 0 unspecified atom stereocenters. The summed E-state index contributed by atoms with van der Waals surface area (Å²) in [7, 11) is 0. The van der Waals surface area contributed by atoms with Crippen LogP contribution in [0.5, 0.6) is 0 Å². The molecule has 0 aromatic rings. The van der Waals surface area contributed by atoms with Crippen molar-refractivity contribution >= 4 is 11.8 Å². The van der Waals surface area contributed by atoms with Crippen LogP contribution in [0.2, 0.25) is 0 Å². The van der Waals surface area contributed by atoms with E-state index in [9.17, 15) is 0 Å². The minimum atomic E-state index is 1.19. The molecule has 0 aliphatic heterocycles. The lowest BCUT2D eigenvalue weighted by atomic mass is 10.1. The van der Waals surface area contributed by atoms with E-state index in [2.05, 4.69) is 19.2 Å². The Hall–Kier alpha value is 0.310. The van der Waals surface area contributed by atoms with Gasteiger partial charge in [0.25, 0.3) is 0 Å². The van der Waals surface area contributed by atoms with Crippen LogP contribution in [0.25, 0.3) is 0 Å². The second kappa shape index (κ2) is 13.3. The predicted octanol–water partition coefficient (Wildman–Crippen LogP) is 3.69. The van der Waals surface area contributed by atoms with Gasteiger partial charge in [0.1, 0.15) is 0 Å². The van der Waals surface area contributed by atoms with Crippen LogP contribution in [0.15, 0.2) is 0 Å². The molecule has 0 amide bonds. The van der Waals surface area contributed by atoms with Crippen molar-refractivity contribution in [3.63, 3.8) is 0 Å². The monoisotopic (exact) mass is 217 g/mol. The number of rotatable bonds is 11. The third kappa shape index (κ3) is 12.3. The Kier molecular flexibility index (Phi) is 13.6. The molecule has 1 nitrogen and oxygen atoms in total. The minimum absolute atomic E-state index is 1.19. The van der Waals surface area contributed by atoms with E-state index in [0.717, 1.165) is 0 Å². The largest absolute Gasteiger partial charge is 0.316 e. The lowest BCUT2D eigenvalue weighted by Crippen LogP contribution is -2.18. The normalized spacial score (nSPS) is 10.7. The molecule has 0 aromatic carbocycles. The van der Waals surface area contributed by atoms with Crippen molar-refractivity contribution in [2.45, 2.75) is 52.4 Å². The van der Waals surface area contributed by atoms with Crippen LogP contribution < -0.4 is 5.32 Å². The molecule has 2 heteroatoms. The van der Waals surface area contributed by atoms with Crippen LogP contribution in [0.3, 0.4) is 0 Å². The van der Waals surface area contributed by atoms with Crippen molar-refractivity contribution in [1.29, 1.82) is 0 Å². The van der Waals surface area contributed by atoms with Gasteiger partial charge >= 0.3 is 0 Å². The number of thioether (sulfide) groups is 1. The standard InChI is InChI=1S/C12H27NS/c1-3-5-6-7-8-9-10-13-11-12-14-4-2/h13H,3-12H2,1-2H3. The van der Waals surface area contributed by atoms with Gasteiger partial charge in [0, 0.05) is 12.3 Å². The van der Waals surface area contributed by atoms with E-state index in [1.165, 1.54) is 63.1 Å². The first-order chi connectivity index (χ1) is 6.91. The average Bonchev–Trinajstić information content (AvgIpc) is 2.21. The van der Waals surface area contributed by atoms with Crippen LogP contribution in [0.1, 0.15) is 52.4 Å². The molecule has 86 valence electrons. The van der Waals surface area contributed by atoms with Crippen molar-refractivity contribution in [2.24, 2.45) is 0 Å². The fourth-order valence-electron chi connectivity index (χ4n) is 1.44. The molecular formula is C12H27NS. The average molecular weight is 217 g/mol. The van der Waals surface area contributed by atoms with E-state index in [0.29, 0.717) is 0 Å². The maximum Gasteiger partial charge on any atom is 0.00579 e. The highest BCUT2D eigenvalue weighted by atomic mass is 32.2. The Morgan fingerprint density at radius 1 is 0.857 bits per heavy atom. The van der Waals surface area contributed by atoms with Gasteiger partial charge in [-0.25, -0.2) is 0 Å². The molecule has 0 atom stereocenters.